The summed E-state index contributed by atoms with van der Waals surface area (Å²) in [6, 6.07) is 0. The van der Waals surface area contributed by atoms with Crippen LogP contribution in [-0.4, -0.2) is 37.0 Å². The first kappa shape index (κ1) is 12.3. The minimum atomic E-state index is -0.474. The molecule has 1 aliphatic rings. The van der Waals surface area contributed by atoms with Crippen LogP contribution in [0.3, 0.4) is 0 Å². The Balaban J connectivity index is 2.28. The Labute approximate surface area is 90.3 Å². The Kier molecular flexibility index (Phi) is 3.57. The van der Waals surface area contributed by atoms with Gasteiger partial charge in [0, 0.05) is 13.2 Å². The maximum atomic E-state index is 11.3. The van der Waals surface area contributed by atoms with Crippen LogP contribution in [0.2, 0.25) is 0 Å². The molecule has 0 bridgehead atoms. The number of rotatable bonds is 2. The van der Waals surface area contributed by atoms with Crippen LogP contribution in [0.5, 0.6) is 0 Å². The second-order valence-corrected chi connectivity index (χ2v) is 5.02. The highest BCUT2D eigenvalue weighted by atomic mass is 16.6. The van der Waals surface area contributed by atoms with E-state index < -0.39 is 17.2 Å². The maximum absolute atomic E-state index is 11.3. The zero-order chi connectivity index (χ0) is 11.5. The summed E-state index contributed by atoms with van der Waals surface area (Å²) in [6.45, 7) is 7.01. The van der Waals surface area contributed by atoms with E-state index in [1.165, 1.54) is 0 Å². The van der Waals surface area contributed by atoms with Crippen molar-refractivity contribution in [2.45, 2.75) is 38.3 Å². The minimum Gasteiger partial charge on any atom is -0.444 e. The van der Waals surface area contributed by atoms with Crippen molar-refractivity contribution in [3.63, 3.8) is 0 Å². The first-order valence-corrected chi connectivity index (χ1v) is 5.14. The van der Waals surface area contributed by atoms with Crippen LogP contribution in [0, 0.1) is 0 Å². The fourth-order valence-corrected chi connectivity index (χ4v) is 1.32. The van der Waals surface area contributed by atoms with Gasteiger partial charge in [0.25, 0.3) is 0 Å². The molecular formula is C10H20N2O3. The lowest BCUT2D eigenvalue weighted by Crippen LogP contribution is -2.51. The summed E-state index contributed by atoms with van der Waals surface area (Å²) in [5.41, 5.74) is 5.07. The smallest absolute Gasteiger partial charge is 0.407 e. The normalized spacial score (nSPS) is 26.4. The highest BCUT2D eigenvalue weighted by Crippen LogP contribution is 2.14. The van der Waals surface area contributed by atoms with Gasteiger partial charge in [-0.1, -0.05) is 0 Å². The standard InChI is InChI=1S/C10H20N2O3/c1-9(2,3)15-8(13)12-6-10(11)4-5-14-7-10/h4-7,11H2,1-3H3,(H,12,13)/t10-/m1/s1. The molecular weight excluding hydrogens is 196 g/mol. The minimum absolute atomic E-state index is 0.391. The van der Waals surface area contributed by atoms with E-state index in [4.69, 9.17) is 15.2 Å². The van der Waals surface area contributed by atoms with Gasteiger partial charge in [-0.2, -0.15) is 0 Å². The molecule has 0 aromatic heterocycles. The van der Waals surface area contributed by atoms with E-state index in [1.54, 1.807) is 0 Å². The Bertz CT molecular complexity index is 229. The summed E-state index contributed by atoms with van der Waals surface area (Å²) in [5, 5.41) is 2.66. The van der Waals surface area contributed by atoms with Crippen molar-refractivity contribution in [1.82, 2.24) is 5.32 Å². The highest BCUT2D eigenvalue weighted by Gasteiger charge is 2.31. The molecule has 0 radical (unpaired) electrons. The molecule has 0 unspecified atom stereocenters. The summed E-state index contributed by atoms with van der Waals surface area (Å²) in [4.78, 5) is 11.3. The molecule has 3 N–H and O–H groups in total. The third kappa shape index (κ3) is 4.48. The lowest BCUT2D eigenvalue weighted by molar-refractivity contribution is 0.0512. The monoisotopic (exact) mass is 216 g/mol. The lowest BCUT2D eigenvalue weighted by Gasteiger charge is -2.24. The number of amides is 1. The average Bonchev–Trinajstić information content (AvgIpc) is 2.47. The first-order chi connectivity index (χ1) is 6.81. The van der Waals surface area contributed by atoms with Crippen molar-refractivity contribution in [1.29, 1.82) is 0 Å². The molecule has 1 heterocycles. The summed E-state index contributed by atoms with van der Waals surface area (Å²) in [6.07, 6.45) is 0.335. The van der Waals surface area contributed by atoms with Crippen molar-refractivity contribution < 1.29 is 14.3 Å². The molecule has 1 rings (SSSR count). The van der Waals surface area contributed by atoms with E-state index in [0.717, 1.165) is 6.42 Å². The van der Waals surface area contributed by atoms with Gasteiger partial charge in [0.2, 0.25) is 0 Å². The van der Waals surface area contributed by atoms with Crippen LogP contribution < -0.4 is 11.1 Å². The van der Waals surface area contributed by atoms with Crippen LogP contribution >= 0.6 is 0 Å². The number of carbonyl (C=O) groups is 1. The molecule has 1 aliphatic heterocycles. The molecule has 1 fully saturated rings. The second-order valence-electron chi connectivity index (χ2n) is 5.02. The third-order valence-electron chi connectivity index (χ3n) is 2.12. The quantitative estimate of drug-likeness (QED) is 0.710. The number of carbonyl (C=O) groups excluding carboxylic acids is 1. The lowest BCUT2D eigenvalue weighted by atomic mass is 10.0. The number of ether oxygens (including phenoxy) is 2. The topological polar surface area (TPSA) is 73.6 Å². The summed E-state index contributed by atoms with van der Waals surface area (Å²) < 4.78 is 10.3. The van der Waals surface area contributed by atoms with Crippen molar-refractivity contribution in [2.75, 3.05) is 19.8 Å². The van der Waals surface area contributed by atoms with Crippen molar-refractivity contribution in [3.8, 4) is 0 Å². The van der Waals surface area contributed by atoms with Gasteiger partial charge in [-0.05, 0) is 27.2 Å². The Hall–Kier alpha value is -0.810. The van der Waals surface area contributed by atoms with Crippen LogP contribution in [0.1, 0.15) is 27.2 Å². The summed E-state index contributed by atoms with van der Waals surface area (Å²) in [7, 11) is 0. The van der Waals surface area contributed by atoms with Gasteiger partial charge in [-0.15, -0.1) is 0 Å². The third-order valence-corrected chi connectivity index (χ3v) is 2.12. The fraction of sp³-hybridized carbons (Fsp3) is 0.900. The van der Waals surface area contributed by atoms with Crippen LogP contribution in [0.15, 0.2) is 0 Å². The van der Waals surface area contributed by atoms with Crippen LogP contribution in [0.25, 0.3) is 0 Å². The van der Waals surface area contributed by atoms with Crippen LogP contribution in [0.4, 0.5) is 4.79 Å². The SMILES string of the molecule is CC(C)(C)OC(=O)NC[C@]1(N)CCOC1. The molecule has 0 aromatic rings. The Morgan fingerprint density at radius 1 is 1.60 bits per heavy atom. The molecule has 0 aromatic carbocycles. The van der Waals surface area contributed by atoms with Crippen molar-refractivity contribution in [3.05, 3.63) is 0 Å². The number of alkyl carbamates (subject to hydrolysis) is 1. The summed E-state index contributed by atoms with van der Waals surface area (Å²) in [5.74, 6) is 0. The van der Waals surface area contributed by atoms with Crippen molar-refractivity contribution >= 4 is 6.09 Å². The molecule has 0 spiro atoms. The predicted octanol–water partition coefficient (Wildman–Crippen LogP) is 0.629. The largest absolute Gasteiger partial charge is 0.444 e. The molecule has 1 saturated heterocycles. The van der Waals surface area contributed by atoms with Crippen molar-refractivity contribution in [2.24, 2.45) is 5.73 Å². The van der Waals surface area contributed by atoms with Gasteiger partial charge >= 0.3 is 6.09 Å². The van der Waals surface area contributed by atoms with E-state index in [2.05, 4.69) is 5.32 Å². The molecule has 1 atom stereocenters. The van der Waals surface area contributed by atoms with E-state index >= 15 is 0 Å². The van der Waals surface area contributed by atoms with Gasteiger partial charge in [-0.3, -0.25) is 0 Å². The molecule has 0 saturated carbocycles. The molecule has 15 heavy (non-hydrogen) atoms. The number of hydrogen-bond acceptors (Lipinski definition) is 4. The first-order valence-electron chi connectivity index (χ1n) is 5.14. The molecule has 5 nitrogen and oxygen atoms in total. The maximum Gasteiger partial charge on any atom is 0.407 e. The van der Waals surface area contributed by atoms with E-state index in [1.807, 2.05) is 20.8 Å². The highest BCUT2D eigenvalue weighted by molar-refractivity contribution is 5.67. The van der Waals surface area contributed by atoms with Gasteiger partial charge in [-0.25, -0.2) is 4.79 Å². The molecule has 0 aliphatic carbocycles. The van der Waals surface area contributed by atoms with E-state index in [-0.39, 0.29) is 0 Å². The van der Waals surface area contributed by atoms with Crippen LogP contribution in [-0.2, 0) is 9.47 Å². The Morgan fingerprint density at radius 2 is 2.27 bits per heavy atom. The molecule has 1 amide bonds. The Morgan fingerprint density at radius 3 is 2.73 bits per heavy atom. The molecule has 5 heteroatoms. The number of hydrogen-bond donors (Lipinski definition) is 2. The molecule has 88 valence electrons. The number of nitrogens with two attached hydrogens (primary N) is 1. The van der Waals surface area contributed by atoms with E-state index in [0.29, 0.717) is 19.8 Å². The average molecular weight is 216 g/mol. The van der Waals surface area contributed by atoms with Gasteiger partial charge in [0.15, 0.2) is 0 Å². The zero-order valence-electron chi connectivity index (χ0n) is 9.63. The van der Waals surface area contributed by atoms with Gasteiger partial charge < -0.3 is 20.5 Å². The van der Waals surface area contributed by atoms with E-state index in [9.17, 15) is 4.79 Å². The zero-order valence-corrected chi connectivity index (χ0v) is 9.63. The summed E-state index contributed by atoms with van der Waals surface area (Å²) >= 11 is 0. The van der Waals surface area contributed by atoms with Gasteiger partial charge in [0.05, 0.1) is 12.1 Å². The fourth-order valence-electron chi connectivity index (χ4n) is 1.32. The number of nitrogens with one attached hydrogen (secondary N) is 1. The predicted molar refractivity (Wildman–Crippen MR) is 56.6 cm³/mol. The second kappa shape index (κ2) is 4.37. The van der Waals surface area contributed by atoms with Gasteiger partial charge in [0.1, 0.15) is 5.60 Å².